The first kappa shape index (κ1) is 8.64. The van der Waals surface area contributed by atoms with Crippen LogP contribution in [0.4, 0.5) is 5.69 Å². The van der Waals surface area contributed by atoms with Crippen LogP contribution in [-0.2, 0) is 0 Å². The van der Waals surface area contributed by atoms with Crippen LogP contribution < -0.4 is 10.5 Å². The van der Waals surface area contributed by atoms with E-state index < -0.39 is 0 Å². The molecule has 0 spiro atoms. The third-order valence-corrected chi connectivity index (χ3v) is 3.86. The van der Waals surface area contributed by atoms with E-state index in [2.05, 4.69) is 50.9 Å². The van der Waals surface area contributed by atoms with Gasteiger partial charge in [0, 0.05) is 22.6 Å². The fourth-order valence-electron chi connectivity index (χ4n) is 1.60. The van der Waals surface area contributed by atoms with Crippen molar-refractivity contribution in [3.63, 3.8) is 0 Å². The molecule has 0 amide bonds. The Morgan fingerprint density at radius 3 is 3.14 bits per heavy atom. The first-order valence-corrected chi connectivity index (χ1v) is 5.84. The van der Waals surface area contributed by atoms with Gasteiger partial charge in [0.05, 0.1) is 5.69 Å². The summed E-state index contributed by atoms with van der Waals surface area (Å²) in [7, 11) is 1.99. The van der Waals surface area contributed by atoms with Gasteiger partial charge in [-0.25, -0.2) is 5.01 Å². The zero-order chi connectivity index (χ0) is 9.71. The normalized spacial score (nSPS) is 18.3. The van der Waals surface area contributed by atoms with Crippen molar-refractivity contribution in [2.75, 3.05) is 12.1 Å². The molecule has 2 aliphatic rings. The fourth-order valence-corrected chi connectivity index (χ4v) is 3.38. The Kier molecular flexibility index (Phi) is 1.80. The first-order chi connectivity index (χ1) is 6.75. The van der Waals surface area contributed by atoms with Gasteiger partial charge < -0.3 is 0 Å². The van der Waals surface area contributed by atoms with Crippen LogP contribution in [0.2, 0.25) is 0 Å². The SMILES string of the molecule is CN1C=C2Sc3cccc(Br)c3N2N1. The third kappa shape index (κ3) is 1.09. The van der Waals surface area contributed by atoms with Gasteiger partial charge >= 0.3 is 0 Å². The van der Waals surface area contributed by atoms with Crippen molar-refractivity contribution in [2.24, 2.45) is 0 Å². The molecule has 0 atom stereocenters. The lowest BCUT2D eigenvalue weighted by molar-refractivity contribution is 0.358. The minimum Gasteiger partial charge on any atom is -0.298 e. The van der Waals surface area contributed by atoms with Crippen LogP contribution in [0.15, 0.2) is 38.8 Å². The van der Waals surface area contributed by atoms with E-state index in [0.29, 0.717) is 0 Å². The van der Waals surface area contributed by atoms with Gasteiger partial charge in [0.2, 0.25) is 0 Å². The highest BCUT2D eigenvalue weighted by Crippen LogP contribution is 2.49. The summed E-state index contributed by atoms with van der Waals surface area (Å²) in [4.78, 5) is 1.28. The van der Waals surface area contributed by atoms with Crippen LogP contribution in [0.5, 0.6) is 0 Å². The van der Waals surface area contributed by atoms with Gasteiger partial charge in [0.1, 0.15) is 5.03 Å². The van der Waals surface area contributed by atoms with Gasteiger partial charge in [-0.15, -0.1) is 5.53 Å². The maximum atomic E-state index is 3.56. The molecule has 0 bridgehead atoms. The summed E-state index contributed by atoms with van der Waals surface area (Å²) in [6.45, 7) is 0. The molecule has 0 saturated heterocycles. The van der Waals surface area contributed by atoms with Gasteiger partial charge in [0.25, 0.3) is 0 Å². The molecule has 1 aromatic carbocycles. The number of rotatable bonds is 0. The van der Waals surface area contributed by atoms with Crippen LogP contribution in [-0.4, -0.2) is 12.1 Å². The molecular weight excluding hydrogens is 262 g/mol. The fraction of sp³-hybridized carbons (Fsp3) is 0.111. The lowest BCUT2D eigenvalue weighted by Gasteiger charge is -2.18. The molecule has 1 N–H and O–H groups in total. The van der Waals surface area contributed by atoms with Gasteiger partial charge in [0.15, 0.2) is 0 Å². The molecule has 3 rings (SSSR count). The lowest BCUT2D eigenvalue weighted by atomic mass is 10.3. The van der Waals surface area contributed by atoms with Crippen molar-refractivity contribution in [1.29, 1.82) is 0 Å². The number of halogens is 1. The maximum absolute atomic E-state index is 3.56. The molecule has 0 aliphatic carbocycles. The number of para-hydroxylation sites is 1. The minimum absolute atomic E-state index is 1.12. The van der Waals surface area contributed by atoms with Crippen LogP contribution >= 0.6 is 27.7 Å². The Bertz CT molecular complexity index is 432. The van der Waals surface area contributed by atoms with E-state index >= 15 is 0 Å². The Balaban J connectivity index is 2.14. The highest BCUT2D eigenvalue weighted by Gasteiger charge is 2.31. The van der Waals surface area contributed by atoms with E-state index in [9.17, 15) is 0 Å². The van der Waals surface area contributed by atoms with Crippen molar-refractivity contribution >= 4 is 33.4 Å². The van der Waals surface area contributed by atoms with Crippen molar-refractivity contribution in [1.82, 2.24) is 10.5 Å². The Hall–Kier alpha value is -0.650. The number of hydrogen-bond donors (Lipinski definition) is 1. The Labute approximate surface area is 94.8 Å². The standard InChI is InChI=1S/C9H8BrN3S/c1-12-5-8-13(11-12)9-6(10)3-2-4-7(9)14-8/h2-5,11H,1H3. The second-order valence-corrected chi connectivity index (χ2v) is 5.12. The van der Waals surface area contributed by atoms with Crippen LogP contribution in [0.3, 0.4) is 0 Å². The van der Waals surface area contributed by atoms with Crippen molar-refractivity contribution in [2.45, 2.75) is 4.90 Å². The molecule has 0 unspecified atom stereocenters. The van der Waals surface area contributed by atoms with Crippen molar-refractivity contribution in [3.05, 3.63) is 33.9 Å². The summed E-state index contributed by atoms with van der Waals surface area (Å²) in [5.74, 6) is 0. The summed E-state index contributed by atoms with van der Waals surface area (Å²) in [6, 6.07) is 6.25. The van der Waals surface area contributed by atoms with Crippen LogP contribution in [0.25, 0.3) is 0 Å². The molecule has 5 heteroatoms. The molecule has 0 aromatic heterocycles. The van der Waals surface area contributed by atoms with Gasteiger partial charge in [-0.05, 0) is 28.1 Å². The molecule has 1 aromatic rings. The number of fused-ring (bicyclic) bond motifs is 3. The molecule has 0 fully saturated rings. The van der Waals surface area contributed by atoms with Crippen LogP contribution in [0.1, 0.15) is 0 Å². The monoisotopic (exact) mass is 269 g/mol. The number of hydrogen-bond acceptors (Lipinski definition) is 4. The number of anilines is 1. The summed E-state index contributed by atoms with van der Waals surface area (Å²) < 4.78 is 1.12. The summed E-state index contributed by atoms with van der Waals surface area (Å²) in [6.07, 6.45) is 2.08. The smallest absolute Gasteiger partial charge is 0.115 e. The van der Waals surface area contributed by atoms with Gasteiger partial charge in [-0.1, -0.05) is 17.8 Å². The van der Waals surface area contributed by atoms with E-state index in [1.165, 1.54) is 15.6 Å². The number of thioether (sulfide) groups is 1. The van der Waals surface area contributed by atoms with Gasteiger partial charge in [-0.3, -0.25) is 5.01 Å². The Morgan fingerprint density at radius 2 is 2.29 bits per heavy atom. The predicted octanol–water partition coefficient (Wildman–Crippen LogP) is 2.53. The average molecular weight is 270 g/mol. The van der Waals surface area contributed by atoms with Crippen molar-refractivity contribution < 1.29 is 0 Å². The molecule has 2 heterocycles. The molecule has 72 valence electrons. The molecule has 14 heavy (non-hydrogen) atoms. The highest BCUT2D eigenvalue weighted by molar-refractivity contribution is 9.10. The van der Waals surface area contributed by atoms with E-state index in [-0.39, 0.29) is 0 Å². The van der Waals surface area contributed by atoms with E-state index in [4.69, 9.17) is 0 Å². The largest absolute Gasteiger partial charge is 0.298 e. The van der Waals surface area contributed by atoms with Gasteiger partial charge in [-0.2, -0.15) is 0 Å². The topological polar surface area (TPSA) is 18.5 Å². The average Bonchev–Trinajstić information content (AvgIpc) is 2.60. The third-order valence-electron chi connectivity index (χ3n) is 2.17. The second kappa shape index (κ2) is 2.92. The zero-order valence-corrected chi connectivity index (χ0v) is 9.89. The van der Waals surface area contributed by atoms with Crippen LogP contribution in [0, 0.1) is 0 Å². The first-order valence-electron chi connectivity index (χ1n) is 4.23. The number of nitrogens with one attached hydrogen (secondary N) is 1. The quantitative estimate of drug-likeness (QED) is 0.780. The molecule has 0 radical (unpaired) electrons. The van der Waals surface area contributed by atoms with E-state index in [1.54, 1.807) is 11.8 Å². The minimum atomic E-state index is 1.12. The van der Waals surface area contributed by atoms with E-state index in [0.717, 1.165) is 4.47 Å². The number of nitrogens with zero attached hydrogens (tertiary/aromatic N) is 2. The number of benzene rings is 1. The summed E-state index contributed by atoms with van der Waals surface area (Å²) in [5, 5.41) is 5.25. The summed E-state index contributed by atoms with van der Waals surface area (Å²) in [5.41, 5.74) is 4.44. The lowest BCUT2D eigenvalue weighted by Crippen LogP contribution is -2.37. The Morgan fingerprint density at radius 1 is 1.43 bits per heavy atom. The number of hydrazine groups is 2. The molecule has 3 nitrogen and oxygen atoms in total. The molecule has 2 aliphatic heterocycles. The summed E-state index contributed by atoms with van der Waals surface area (Å²) >= 11 is 5.34. The highest BCUT2D eigenvalue weighted by atomic mass is 79.9. The second-order valence-electron chi connectivity index (χ2n) is 3.20. The molecular formula is C9H8BrN3S. The predicted molar refractivity (Wildman–Crippen MR) is 61.5 cm³/mol. The molecule has 0 saturated carbocycles. The van der Waals surface area contributed by atoms with E-state index in [1.807, 2.05) is 12.1 Å². The van der Waals surface area contributed by atoms with Crippen molar-refractivity contribution in [3.8, 4) is 0 Å². The zero-order valence-electron chi connectivity index (χ0n) is 7.49. The maximum Gasteiger partial charge on any atom is 0.115 e.